The van der Waals surface area contributed by atoms with E-state index in [0.29, 0.717) is 5.41 Å². The van der Waals surface area contributed by atoms with Crippen molar-refractivity contribution in [3.8, 4) is 11.5 Å². The molecule has 1 heterocycles. The van der Waals surface area contributed by atoms with Crippen LogP contribution in [-0.4, -0.2) is 26.3 Å². The molecule has 4 nitrogen and oxygen atoms in total. The zero-order chi connectivity index (χ0) is 12.4. The highest BCUT2D eigenvalue weighted by Crippen LogP contribution is 2.44. The van der Waals surface area contributed by atoms with Crippen molar-refractivity contribution in [2.24, 2.45) is 11.1 Å². The summed E-state index contributed by atoms with van der Waals surface area (Å²) >= 11 is 0. The van der Waals surface area contributed by atoms with Gasteiger partial charge in [0.25, 0.3) is 0 Å². The molecule has 98 valence electrons. The standard InChI is InChI=1S/C14H20N2O2/c15-9-14(4-5-14)10-16-11-2-3-12-13(8-11)18-7-1-6-17-12/h2-3,8,16H,1,4-7,9-10,15H2. The molecule has 0 atom stereocenters. The first-order valence-electron chi connectivity index (χ1n) is 6.65. The first kappa shape index (κ1) is 11.7. The van der Waals surface area contributed by atoms with Crippen LogP contribution in [0.1, 0.15) is 19.3 Å². The summed E-state index contributed by atoms with van der Waals surface area (Å²) in [6.07, 6.45) is 3.41. The summed E-state index contributed by atoms with van der Waals surface area (Å²) < 4.78 is 11.3. The molecule has 4 heteroatoms. The fourth-order valence-corrected chi connectivity index (χ4v) is 2.19. The monoisotopic (exact) mass is 248 g/mol. The molecule has 1 aromatic rings. The van der Waals surface area contributed by atoms with Crippen LogP contribution in [0.2, 0.25) is 0 Å². The molecule has 3 rings (SSSR count). The first-order chi connectivity index (χ1) is 8.81. The zero-order valence-electron chi connectivity index (χ0n) is 10.6. The second-order valence-electron chi connectivity index (χ2n) is 5.27. The molecule has 0 bridgehead atoms. The maximum absolute atomic E-state index is 5.78. The Morgan fingerprint density at radius 3 is 2.67 bits per heavy atom. The second kappa shape index (κ2) is 4.69. The van der Waals surface area contributed by atoms with E-state index in [0.717, 1.165) is 49.9 Å². The van der Waals surface area contributed by atoms with Crippen molar-refractivity contribution < 1.29 is 9.47 Å². The summed E-state index contributed by atoms with van der Waals surface area (Å²) in [5, 5.41) is 3.45. The number of rotatable bonds is 4. The van der Waals surface area contributed by atoms with Crippen LogP contribution in [0.4, 0.5) is 5.69 Å². The van der Waals surface area contributed by atoms with Crippen molar-refractivity contribution in [2.45, 2.75) is 19.3 Å². The summed E-state index contributed by atoms with van der Waals surface area (Å²) in [4.78, 5) is 0. The molecule has 2 aliphatic rings. The van der Waals surface area contributed by atoms with Crippen LogP contribution < -0.4 is 20.5 Å². The molecule has 1 fully saturated rings. The van der Waals surface area contributed by atoms with Crippen LogP contribution in [0.5, 0.6) is 11.5 Å². The Bertz CT molecular complexity index is 430. The molecule has 1 saturated carbocycles. The third kappa shape index (κ3) is 2.38. The largest absolute Gasteiger partial charge is 0.490 e. The second-order valence-corrected chi connectivity index (χ2v) is 5.27. The predicted octanol–water partition coefficient (Wildman–Crippen LogP) is 2.00. The molecule has 0 saturated heterocycles. The summed E-state index contributed by atoms with van der Waals surface area (Å²) in [6, 6.07) is 6.04. The Kier molecular flexibility index (Phi) is 3.04. The van der Waals surface area contributed by atoms with Crippen molar-refractivity contribution >= 4 is 5.69 Å². The third-order valence-corrected chi connectivity index (χ3v) is 3.81. The third-order valence-electron chi connectivity index (χ3n) is 3.81. The molecule has 0 amide bonds. The molecule has 1 aliphatic heterocycles. The molecule has 18 heavy (non-hydrogen) atoms. The minimum absolute atomic E-state index is 0.337. The maximum Gasteiger partial charge on any atom is 0.163 e. The van der Waals surface area contributed by atoms with Gasteiger partial charge in [0.2, 0.25) is 0 Å². The van der Waals surface area contributed by atoms with Gasteiger partial charge >= 0.3 is 0 Å². The average Bonchev–Trinajstić information content (AvgIpc) is 3.20. The van der Waals surface area contributed by atoms with Crippen LogP contribution in [0, 0.1) is 5.41 Å². The Morgan fingerprint density at radius 1 is 1.17 bits per heavy atom. The summed E-state index contributed by atoms with van der Waals surface area (Å²) in [5.41, 5.74) is 7.20. The van der Waals surface area contributed by atoms with Gasteiger partial charge in [-0.2, -0.15) is 0 Å². The molecular formula is C14H20N2O2. The number of nitrogens with two attached hydrogens (primary N) is 1. The van der Waals surface area contributed by atoms with Crippen molar-refractivity contribution in [3.05, 3.63) is 18.2 Å². The van der Waals surface area contributed by atoms with Gasteiger partial charge in [-0.05, 0) is 36.9 Å². The number of hydrogen-bond donors (Lipinski definition) is 2. The normalized spacial score (nSPS) is 20.1. The van der Waals surface area contributed by atoms with E-state index in [2.05, 4.69) is 5.32 Å². The lowest BCUT2D eigenvalue weighted by atomic mass is 10.1. The van der Waals surface area contributed by atoms with Gasteiger partial charge in [-0.3, -0.25) is 0 Å². The summed E-state index contributed by atoms with van der Waals surface area (Å²) in [7, 11) is 0. The highest BCUT2D eigenvalue weighted by atomic mass is 16.5. The zero-order valence-corrected chi connectivity index (χ0v) is 10.6. The number of anilines is 1. The van der Waals surface area contributed by atoms with Gasteiger partial charge in [-0.1, -0.05) is 0 Å². The van der Waals surface area contributed by atoms with Crippen molar-refractivity contribution in [1.29, 1.82) is 0 Å². The number of ether oxygens (including phenoxy) is 2. The lowest BCUT2D eigenvalue weighted by molar-refractivity contribution is 0.297. The Labute approximate surface area is 107 Å². The molecule has 0 radical (unpaired) electrons. The number of fused-ring (bicyclic) bond motifs is 1. The van der Waals surface area contributed by atoms with Gasteiger partial charge in [0.05, 0.1) is 13.2 Å². The van der Waals surface area contributed by atoms with Crippen molar-refractivity contribution in [1.82, 2.24) is 0 Å². The smallest absolute Gasteiger partial charge is 0.163 e. The van der Waals surface area contributed by atoms with E-state index in [1.807, 2.05) is 18.2 Å². The van der Waals surface area contributed by atoms with Crippen LogP contribution in [0.15, 0.2) is 18.2 Å². The molecule has 1 aliphatic carbocycles. The summed E-state index contributed by atoms with van der Waals surface area (Å²) in [5.74, 6) is 1.69. The lowest BCUT2D eigenvalue weighted by Gasteiger charge is -2.15. The van der Waals surface area contributed by atoms with Crippen LogP contribution in [0.25, 0.3) is 0 Å². The van der Waals surface area contributed by atoms with Gasteiger partial charge < -0.3 is 20.5 Å². The Hall–Kier alpha value is -1.42. The van der Waals surface area contributed by atoms with E-state index in [-0.39, 0.29) is 0 Å². The van der Waals surface area contributed by atoms with E-state index >= 15 is 0 Å². The quantitative estimate of drug-likeness (QED) is 0.855. The lowest BCUT2D eigenvalue weighted by Crippen LogP contribution is -2.24. The minimum Gasteiger partial charge on any atom is -0.490 e. The molecule has 0 aromatic heterocycles. The number of hydrogen-bond acceptors (Lipinski definition) is 4. The van der Waals surface area contributed by atoms with E-state index < -0.39 is 0 Å². The first-order valence-corrected chi connectivity index (χ1v) is 6.65. The maximum atomic E-state index is 5.78. The van der Waals surface area contributed by atoms with Crippen LogP contribution in [0.3, 0.4) is 0 Å². The molecule has 0 unspecified atom stereocenters. The molecular weight excluding hydrogens is 228 g/mol. The van der Waals surface area contributed by atoms with Gasteiger partial charge in [-0.15, -0.1) is 0 Å². The number of benzene rings is 1. The average molecular weight is 248 g/mol. The fourth-order valence-electron chi connectivity index (χ4n) is 2.19. The van der Waals surface area contributed by atoms with Gasteiger partial charge in [0, 0.05) is 24.7 Å². The predicted molar refractivity (Wildman–Crippen MR) is 71.3 cm³/mol. The highest BCUT2D eigenvalue weighted by Gasteiger charge is 2.40. The SMILES string of the molecule is NCC1(CNc2ccc3c(c2)OCCCO3)CC1. The van der Waals surface area contributed by atoms with Crippen LogP contribution in [-0.2, 0) is 0 Å². The Balaban J connectivity index is 1.68. The van der Waals surface area contributed by atoms with Gasteiger partial charge in [0.15, 0.2) is 11.5 Å². The molecule has 3 N–H and O–H groups in total. The summed E-state index contributed by atoms with van der Waals surface area (Å²) in [6.45, 7) is 3.17. The van der Waals surface area contributed by atoms with E-state index in [4.69, 9.17) is 15.2 Å². The Morgan fingerprint density at radius 2 is 1.94 bits per heavy atom. The van der Waals surface area contributed by atoms with Gasteiger partial charge in [0.1, 0.15) is 0 Å². The fraction of sp³-hybridized carbons (Fsp3) is 0.571. The topological polar surface area (TPSA) is 56.5 Å². The molecule has 1 aromatic carbocycles. The van der Waals surface area contributed by atoms with Crippen LogP contribution >= 0.6 is 0 Å². The van der Waals surface area contributed by atoms with Gasteiger partial charge in [-0.25, -0.2) is 0 Å². The van der Waals surface area contributed by atoms with E-state index in [1.165, 1.54) is 12.8 Å². The van der Waals surface area contributed by atoms with Crippen molar-refractivity contribution in [3.63, 3.8) is 0 Å². The minimum atomic E-state index is 0.337. The highest BCUT2D eigenvalue weighted by molar-refractivity contribution is 5.55. The van der Waals surface area contributed by atoms with E-state index in [9.17, 15) is 0 Å². The van der Waals surface area contributed by atoms with E-state index in [1.54, 1.807) is 0 Å². The molecule has 0 spiro atoms. The number of nitrogens with one attached hydrogen (secondary N) is 1. The van der Waals surface area contributed by atoms with Crippen molar-refractivity contribution in [2.75, 3.05) is 31.6 Å².